The van der Waals surface area contributed by atoms with E-state index in [0.717, 1.165) is 16.7 Å². The third-order valence-electron chi connectivity index (χ3n) is 4.84. The summed E-state index contributed by atoms with van der Waals surface area (Å²) < 4.78 is 0. The molecule has 0 saturated carbocycles. The molecule has 0 radical (unpaired) electrons. The molecule has 1 aromatic heterocycles. The van der Waals surface area contributed by atoms with Crippen molar-refractivity contribution in [3.63, 3.8) is 0 Å². The summed E-state index contributed by atoms with van der Waals surface area (Å²) in [5.74, 6) is -0.357. The van der Waals surface area contributed by atoms with Crippen LogP contribution in [-0.2, 0) is 29.1 Å². The van der Waals surface area contributed by atoms with Crippen LogP contribution in [0.25, 0.3) is 0 Å². The fraction of sp³-hybridized carbons (Fsp3) is 0.208. The molecule has 2 aromatic carbocycles. The molecule has 0 aliphatic rings. The molecule has 6 heteroatoms. The number of hydrogen-bond donors (Lipinski definition) is 1. The lowest BCUT2D eigenvalue weighted by Gasteiger charge is -2.30. The summed E-state index contributed by atoms with van der Waals surface area (Å²) in [6.07, 6.45) is 3.80. The maximum absolute atomic E-state index is 13.2. The van der Waals surface area contributed by atoms with Crippen LogP contribution in [0, 0.1) is 0 Å². The fourth-order valence-electron chi connectivity index (χ4n) is 3.22. The Morgan fingerprint density at radius 3 is 2.23 bits per heavy atom. The summed E-state index contributed by atoms with van der Waals surface area (Å²) in [4.78, 5) is 31.3. The lowest BCUT2D eigenvalue weighted by Crippen LogP contribution is -2.49. The van der Waals surface area contributed by atoms with Crippen molar-refractivity contribution >= 4 is 23.4 Å². The van der Waals surface area contributed by atoms with Crippen LogP contribution < -0.4 is 5.32 Å². The Kier molecular flexibility index (Phi) is 7.57. The molecule has 0 spiro atoms. The van der Waals surface area contributed by atoms with E-state index in [1.165, 1.54) is 6.92 Å². The topological polar surface area (TPSA) is 62.3 Å². The number of carbonyl (C=O) groups excluding carboxylic acids is 2. The van der Waals surface area contributed by atoms with Gasteiger partial charge in [0, 0.05) is 43.9 Å². The minimum absolute atomic E-state index is 0.162. The minimum Gasteiger partial charge on any atom is -0.350 e. The number of amides is 2. The second kappa shape index (κ2) is 10.6. The van der Waals surface area contributed by atoms with E-state index >= 15 is 0 Å². The van der Waals surface area contributed by atoms with Crippen LogP contribution in [-0.4, -0.2) is 27.7 Å². The van der Waals surface area contributed by atoms with Gasteiger partial charge in [0.1, 0.15) is 6.04 Å². The van der Waals surface area contributed by atoms with Gasteiger partial charge in [-0.05, 0) is 41.0 Å². The molecule has 30 heavy (non-hydrogen) atoms. The molecule has 1 unspecified atom stereocenters. The zero-order valence-electron chi connectivity index (χ0n) is 16.8. The molecule has 0 aliphatic carbocycles. The Labute approximate surface area is 181 Å². The summed E-state index contributed by atoms with van der Waals surface area (Å²) in [5, 5.41) is 3.60. The SMILES string of the molecule is CC(=O)N(Cc1ccc(Cl)cc1)C(Cc1ccccc1)C(=O)NCc1ccncc1. The van der Waals surface area contributed by atoms with E-state index in [4.69, 9.17) is 11.6 Å². The maximum Gasteiger partial charge on any atom is 0.243 e. The highest BCUT2D eigenvalue weighted by Gasteiger charge is 2.28. The van der Waals surface area contributed by atoms with E-state index in [9.17, 15) is 9.59 Å². The van der Waals surface area contributed by atoms with Crippen LogP contribution >= 0.6 is 11.6 Å². The minimum atomic E-state index is -0.637. The predicted molar refractivity (Wildman–Crippen MR) is 118 cm³/mol. The van der Waals surface area contributed by atoms with Crippen LogP contribution in [0.15, 0.2) is 79.1 Å². The monoisotopic (exact) mass is 421 g/mol. The van der Waals surface area contributed by atoms with Gasteiger partial charge in [0.15, 0.2) is 0 Å². The number of halogens is 1. The molecule has 154 valence electrons. The Morgan fingerprint density at radius 1 is 0.933 bits per heavy atom. The molecule has 1 atom stereocenters. The average molecular weight is 422 g/mol. The third kappa shape index (κ3) is 6.16. The van der Waals surface area contributed by atoms with Crippen LogP contribution in [0.3, 0.4) is 0 Å². The first-order valence-electron chi connectivity index (χ1n) is 9.75. The smallest absolute Gasteiger partial charge is 0.243 e. The van der Waals surface area contributed by atoms with Gasteiger partial charge in [0.05, 0.1) is 0 Å². The molecule has 0 aliphatic heterocycles. The lowest BCUT2D eigenvalue weighted by molar-refractivity contribution is -0.139. The second-order valence-electron chi connectivity index (χ2n) is 7.05. The number of rotatable bonds is 8. The number of carbonyl (C=O) groups is 2. The zero-order chi connectivity index (χ0) is 21.3. The van der Waals surface area contributed by atoms with Crippen LogP contribution in [0.5, 0.6) is 0 Å². The normalized spacial score (nSPS) is 11.5. The Hall–Kier alpha value is -3.18. The first-order chi connectivity index (χ1) is 14.5. The van der Waals surface area contributed by atoms with Gasteiger partial charge in [-0.15, -0.1) is 0 Å². The van der Waals surface area contributed by atoms with E-state index in [2.05, 4.69) is 10.3 Å². The molecule has 3 rings (SSSR count). The number of aromatic nitrogens is 1. The first-order valence-corrected chi connectivity index (χ1v) is 10.1. The quantitative estimate of drug-likeness (QED) is 0.597. The first kappa shape index (κ1) is 21.5. The number of nitrogens with zero attached hydrogens (tertiary/aromatic N) is 2. The Morgan fingerprint density at radius 2 is 1.60 bits per heavy atom. The maximum atomic E-state index is 13.2. The van der Waals surface area contributed by atoms with Gasteiger partial charge in [0.25, 0.3) is 0 Å². The molecule has 5 nitrogen and oxygen atoms in total. The van der Waals surface area contributed by atoms with Crippen molar-refractivity contribution in [1.29, 1.82) is 0 Å². The fourth-order valence-corrected chi connectivity index (χ4v) is 3.34. The van der Waals surface area contributed by atoms with Gasteiger partial charge in [-0.25, -0.2) is 0 Å². The molecular formula is C24H24ClN3O2. The summed E-state index contributed by atoms with van der Waals surface area (Å²) in [5.41, 5.74) is 2.85. The number of hydrogen-bond acceptors (Lipinski definition) is 3. The van der Waals surface area contributed by atoms with Gasteiger partial charge >= 0.3 is 0 Å². The molecule has 0 fully saturated rings. The number of nitrogens with one attached hydrogen (secondary N) is 1. The van der Waals surface area contributed by atoms with E-state index < -0.39 is 6.04 Å². The standard InChI is InChI=1S/C24H24ClN3O2/c1-18(29)28(17-21-7-9-22(25)10-8-21)23(15-19-5-3-2-4-6-19)24(30)27-16-20-11-13-26-14-12-20/h2-14,23H,15-17H2,1H3,(H,27,30). The molecule has 0 saturated heterocycles. The van der Waals surface area contributed by atoms with E-state index in [0.29, 0.717) is 24.5 Å². The number of pyridine rings is 1. The highest BCUT2D eigenvalue weighted by molar-refractivity contribution is 6.30. The van der Waals surface area contributed by atoms with E-state index in [-0.39, 0.29) is 11.8 Å². The molecule has 0 bridgehead atoms. The van der Waals surface area contributed by atoms with Gasteiger partial charge in [0.2, 0.25) is 11.8 Å². The molecular weight excluding hydrogens is 398 g/mol. The molecule has 1 N–H and O–H groups in total. The summed E-state index contributed by atoms with van der Waals surface area (Å²) in [6, 6.07) is 20.1. The van der Waals surface area contributed by atoms with Crippen molar-refractivity contribution < 1.29 is 9.59 Å². The van der Waals surface area contributed by atoms with Crippen molar-refractivity contribution in [1.82, 2.24) is 15.2 Å². The highest BCUT2D eigenvalue weighted by atomic mass is 35.5. The van der Waals surface area contributed by atoms with Gasteiger partial charge < -0.3 is 10.2 Å². The summed E-state index contributed by atoms with van der Waals surface area (Å²) >= 11 is 5.98. The molecule has 3 aromatic rings. The highest BCUT2D eigenvalue weighted by Crippen LogP contribution is 2.16. The molecule has 1 heterocycles. The van der Waals surface area contributed by atoms with Crippen molar-refractivity contribution in [2.75, 3.05) is 0 Å². The predicted octanol–water partition coefficient (Wildman–Crippen LogP) is 4.01. The van der Waals surface area contributed by atoms with Gasteiger partial charge in [-0.3, -0.25) is 14.6 Å². The number of benzene rings is 2. The van der Waals surface area contributed by atoms with Crippen molar-refractivity contribution in [2.45, 2.75) is 32.5 Å². The Bertz CT molecular complexity index is 963. The van der Waals surface area contributed by atoms with Crippen molar-refractivity contribution in [3.8, 4) is 0 Å². The van der Waals surface area contributed by atoms with Crippen LogP contribution in [0.2, 0.25) is 5.02 Å². The lowest BCUT2D eigenvalue weighted by atomic mass is 10.0. The van der Waals surface area contributed by atoms with Gasteiger partial charge in [-0.2, -0.15) is 0 Å². The zero-order valence-corrected chi connectivity index (χ0v) is 17.5. The largest absolute Gasteiger partial charge is 0.350 e. The van der Waals surface area contributed by atoms with Crippen LogP contribution in [0.1, 0.15) is 23.6 Å². The average Bonchev–Trinajstić information content (AvgIpc) is 2.77. The molecule has 2 amide bonds. The third-order valence-corrected chi connectivity index (χ3v) is 5.09. The Balaban J connectivity index is 1.82. The van der Waals surface area contributed by atoms with Crippen molar-refractivity contribution in [3.05, 3.63) is 101 Å². The summed E-state index contributed by atoms with van der Waals surface area (Å²) in [7, 11) is 0. The van der Waals surface area contributed by atoms with E-state index in [1.54, 1.807) is 29.4 Å². The van der Waals surface area contributed by atoms with E-state index in [1.807, 2.05) is 54.6 Å². The van der Waals surface area contributed by atoms with Gasteiger partial charge in [-0.1, -0.05) is 54.1 Å². The van der Waals surface area contributed by atoms with Crippen LogP contribution in [0.4, 0.5) is 0 Å². The summed E-state index contributed by atoms with van der Waals surface area (Å²) in [6.45, 7) is 2.19. The second-order valence-corrected chi connectivity index (χ2v) is 7.49. The van der Waals surface area contributed by atoms with Crippen molar-refractivity contribution in [2.24, 2.45) is 0 Å².